The molecule has 1 aromatic carbocycles. The number of aliphatic hydroxyl groups is 1. The SMILES string of the molecule is O[C@H](C1CC1)[C@H]1CN(Cc2ccccc2)CCO1. The van der Waals surface area contributed by atoms with E-state index in [0.717, 1.165) is 26.2 Å². The van der Waals surface area contributed by atoms with Gasteiger partial charge in [-0.2, -0.15) is 0 Å². The van der Waals surface area contributed by atoms with Crippen molar-refractivity contribution < 1.29 is 9.84 Å². The maximum Gasteiger partial charge on any atom is 0.0963 e. The van der Waals surface area contributed by atoms with E-state index in [1.54, 1.807) is 0 Å². The number of hydrogen-bond acceptors (Lipinski definition) is 3. The molecule has 1 aliphatic heterocycles. The van der Waals surface area contributed by atoms with Crippen molar-refractivity contribution >= 4 is 0 Å². The minimum Gasteiger partial charge on any atom is -0.390 e. The van der Waals surface area contributed by atoms with Crippen molar-refractivity contribution in [1.82, 2.24) is 4.90 Å². The smallest absolute Gasteiger partial charge is 0.0963 e. The van der Waals surface area contributed by atoms with Gasteiger partial charge in [0.1, 0.15) is 0 Å². The predicted molar refractivity (Wildman–Crippen MR) is 70.2 cm³/mol. The number of ether oxygens (including phenoxy) is 1. The molecule has 2 atom stereocenters. The van der Waals surface area contributed by atoms with Gasteiger partial charge in [-0.3, -0.25) is 4.90 Å². The molecule has 2 aliphatic rings. The maximum atomic E-state index is 10.1. The Balaban J connectivity index is 1.56. The zero-order valence-electron chi connectivity index (χ0n) is 10.7. The van der Waals surface area contributed by atoms with E-state index in [0.29, 0.717) is 5.92 Å². The second-order valence-corrected chi connectivity index (χ2v) is 5.46. The van der Waals surface area contributed by atoms with Crippen LogP contribution in [0, 0.1) is 5.92 Å². The lowest BCUT2D eigenvalue weighted by molar-refractivity contribution is -0.0964. The summed E-state index contributed by atoms with van der Waals surface area (Å²) in [4.78, 5) is 2.38. The largest absolute Gasteiger partial charge is 0.390 e. The van der Waals surface area contributed by atoms with Crippen LogP contribution in [0.1, 0.15) is 18.4 Å². The van der Waals surface area contributed by atoms with Crippen LogP contribution in [-0.4, -0.2) is 41.9 Å². The summed E-state index contributed by atoms with van der Waals surface area (Å²) in [5.41, 5.74) is 1.33. The molecule has 2 fully saturated rings. The zero-order chi connectivity index (χ0) is 12.4. The van der Waals surface area contributed by atoms with Gasteiger partial charge in [0.15, 0.2) is 0 Å². The lowest BCUT2D eigenvalue weighted by Gasteiger charge is -2.35. The molecule has 0 bridgehead atoms. The lowest BCUT2D eigenvalue weighted by Crippen LogP contribution is -2.47. The van der Waals surface area contributed by atoms with Gasteiger partial charge in [-0.1, -0.05) is 30.3 Å². The van der Waals surface area contributed by atoms with E-state index >= 15 is 0 Å². The Morgan fingerprint density at radius 3 is 2.78 bits per heavy atom. The number of morpholine rings is 1. The van der Waals surface area contributed by atoms with Crippen molar-refractivity contribution in [2.75, 3.05) is 19.7 Å². The van der Waals surface area contributed by atoms with E-state index in [4.69, 9.17) is 4.74 Å². The molecule has 0 spiro atoms. The molecular weight excluding hydrogens is 226 g/mol. The van der Waals surface area contributed by atoms with Gasteiger partial charge in [-0.05, 0) is 24.3 Å². The summed E-state index contributed by atoms with van der Waals surface area (Å²) < 4.78 is 5.72. The van der Waals surface area contributed by atoms with Crippen molar-refractivity contribution in [3.8, 4) is 0 Å². The first-order valence-electron chi connectivity index (χ1n) is 6.89. The number of nitrogens with zero attached hydrogens (tertiary/aromatic N) is 1. The second-order valence-electron chi connectivity index (χ2n) is 5.46. The molecule has 1 aliphatic carbocycles. The average Bonchev–Trinajstić information content (AvgIpc) is 3.24. The Kier molecular flexibility index (Phi) is 3.64. The number of rotatable bonds is 4. The Bertz CT molecular complexity index is 377. The van der Waals surface area contributed by atoms with Crippen molar-refractivity contribution in [3.05, 3.63) is 35.9 Å². The Hall–Kier alpha value is -0.900. The molecule has 18 heavy (non-hydrogen) atoms. The fraction of sp³-hybridized carbons (Fsp3) is 0.600. The van der Waals surface area contributed by atoms with E-state index in [2.05, 4.69) is 29.2 Å². The van der Waals surface area contributed by atoms with E-state index in [1.165, 1.54) is 18.4 Å². The third-order valence-corrected chi connectivity index (χ3v) is 3.91. The van der Waals surface area contributed by atoms with Crippen molar-refractivity contribution in [1.29, 1.82) is 0 Å². The van der Waals surface area contributed by atoms with Crippen LogP contribution in [0.25, 0.3) is 0 Å². The molecule has 1 aromatic rings. The Labute approximate surface area is 108 Å². The fourth-order valence-corrected chi connectivity index (χ4v) is 2.66. The highest BCUT2D eigenvalue weighted by atomic mass is 16.5. The summed E-state index contributed by atoms with van der Waals surface area (Å²) in [7, 11) is 0. The number of hydrogen-bond donors (Lipinski definition) is 1. The topological polar surface area (TPSA) is 32.7 Å². The molecule has 3 rings (SSSR count). The van der Waals surface area contributed by atoms with E-state index in [9.17, 15) is 5.11 Å². The Morgan fingerprint density at radius 1 is 1.28 bits per heavy atom. The van der Waals surface area contributed by atoms with Crippen LogP contribution in [0.5, 0.6) is 0 Å². The van der Waals surface area contributed by atoms with Crippen molar-refractivity contribution in [2.24, 2.45) is 5.92 Å². The molecule has 1 heterocycles. The van der Waals surface area contributed by atoms with Crippen LogP contribution < -0.4 is 0 Å². The average molecular weight is 247 g/mol. The molecule has 3 nitrogen and oxygen atoms in total. The lowest BCUT2D eigenvalue weighted by atomic mass is 10.1. The minimum absolute atomic E-state index is 0.00922. The highest BCUT2D eigenvalue weighted by Crippen LogP contribution is 2.35. The quantitative estimate of drug-likeness (QED) is 0.878. The van der Waals surface area contributed by atoms with Gasteiger partial charge in [-0.25, -0.2) is 0 Å². The van der Waals surface area contributed by atoms with E-state index < -0.39 is 0 Å². The van der Waals surface area contributed by atoms with Gasteiger partial charge in [0.05, 0.1) is 18.8 Å². The van der Waals surface area contributed by atoms with Gasteiger partial charge in [0.25, 0.3) is 0 Å². The van der Waals surface area contributed by atoms with Crippen LogP contribution in [0.15, 0.2) is 30.3 Å². The van der Waals surface area contributed by atoms with Gasteiger partial charge in [0, 0.05) is 19.6 Å². The van der Waals surface area contributed by atoms with Crippen LogP contribution in [-0.2, 0) is 11.3 Å². The van der Waals surface area contributed by atoms with Gasteiger partial charge in [-0.15, -0.1) is 0 Å². The summed E-state index contributed by atoms with van der Waals surface area (Å²) >= 11 is 0. The van der Waals surface area contributed by atoms with E-state index in [-0.39, 0.29) is 12.2 Å². The summed E-state index contributed by atoms with van der Waals surface area (Å²) in [6.45, 7) is 3.51. The second kappa shape index (κ2) is 5.39. The zero-order valence-corrected chi connectivity index (χ0v) is 10.7. The van der Waals surface area contributed by atoms with Crippen LogP contribution in [0.3, 0.4) is 0 Å². The van der Waals surface area contributed by atoms with Crippen molar-refractivity contribution in [3.63, 3.8) is 0 Å². The van der Waals surface area contributed by atoms with Crippen molar-refractivity contribution in [2.45, 2.75) is 31.6 Å². The summed E-state index contributed by atoms with van der Waals surface area (Å²) in [6.07, 6.45) is 2.08. The molecule has 1 N–H and O–H groups in total. The highest BCUT2D eigenvalue weighted by Gasteiger charge is 2.37. The van der Waals surface area contributed by atoms with Gasteiger partial charge in [0.2, 0.25) is 0 Å². The summed E-state index contributed by atoms with van der Waals surface area (Å²) in [5.74, 6) is 0.492. The molecule has 0 radical (unpaired) electrons. The first-order valence-corrected chi connectivity index (χ1v) is 6.89. The molecule has 1 saturated heterocycles. The summed E-state index contributed by atoms with van der Waals surface area (Å²) in [5, 5.41) is 10.1. The molecular formula is C15H21NO2. The van der Waals surface area contributed by atoms with Crippen LogP contribution >= 0.6 is 0 Å². The molecule has 0 amide bonds. The fourth-order valence-electron chi connectivity index (χ4n) is 2.66. The maximum absolute atomic E-state index is 10.1. The normalized spacial score (nSPS) is 27.1. The van der Waals surface area contributed by atoms with Crippen LogP contribution in [0.2, 0.25) is 0 Å². The monoisotopic (exact) mass is 247 g/mol. The third-order valence-electron chi connectivity index (χ3n) is 3.91. The number of benzene rings is 1. The predicted octanol–water partition coefficient (Wildman–Crippen LogP) is 1.66. The van der Waals surface area contributed by atoms with Gasteiger partial charge < -0.3 is 9.84 Å². The third kappa shape index (κ3) is 2.91. The first-order chi connectivity index (χ1) is 8.83. The number of aliphatic hydroxyl groups excluding tert-OH is 1. The first kappa shape index (κ1) is 12.2. The standard InChI is InChI=1S/C15H21NO2/c17-15(13-6-7-13)14-11-16(8-9-18-14)10-12-4-2-1-3-5-12/h1-5,13-15,17H,6-11H2/t14-,15-/m1/s1. The molecule has 1 saturated carbocycles. The summed E-state index contributed by atoms with van der Waals surface area (Å²) in [6, 6.07) is 10.5. The molecule has 3 heteroatoms. The molecule has 98 valence electrons. The molecule has 0 unspecified atom stereocenters. The highest BCUT2D eigenvalue weighted by molar-refractivity contribution is 5.14. The van der Waals surface area contributed by atoms with Gasteiger partial charge >= 0.3 is 0 Å². The minimum atomic E-state index is -0.261. The Morgan fingerprint density at radius 2 is 2.06 bits per heavy atom. The van der Waals surface area contributed by atoms with E-state index in [1.807, 2.05) is 6.07 Å². The van der Waals surface area contributed by atoms with Crippen LogP contribution in [0.4, 0.5) is 0 Å². The molecule has 0 aromatic heterocycles.